The Bertz CT molecular complexity index is 312. The highest BCUT2D eigenvalue weighted by molar-refractivity contribution is 5.95. The van der Waals surface area contributed by atoms with Crippen LogP contribution in [0.5, 0.6) is 0 Å². The van der Waals surface area contributed by atoms with Gasteiger partial charge in [0, 0.05) is 12.6 Å². The lowest BCUT2D eigenvalue weighted by Crippen LogP contribution is -2.03. The minimum absolute atomic E-state index is 0.153. The molecule has 1 aromatic rings. The highest BCUT2D eigenvalue weighted by atomic mass is 19.2. The fourth-order valence-corrected chi connectivity index (χ4v) is 0.824. The molecule has 0 fully saturated rings. The zero-order valence-corrected chi connectivity index (χ0v) is 6.47. The van der Waals surface area contributed by atoms with E-state index in [4.69, 9.17) is 0 Å². The maximum atomic E-state index is 12.8. The summed E-state index contributed by atoms with van der Waals surface area (Å²) in [5.74, 6) is -2.81. The molecule has 2 nitrogen and oxygen atoms in total. The first-order chi connectivity index (χ1) is 5.66. The SMILES string of the molecule is CCC(=O)c1ccnc(F)c1F. The zero-order chi connectivity index (χ0) is 9.14. The van der Waals surface area contributed by atoms with Crippen molar-refractivity contribution < 1.29 is 13.6 Å². The van der Waals surface area contributed by atoms with E-state index in [9.17, 15) is 13.6 Å². The summed E-state index contributed by atoms with van der Waals surface area (Å²) in [4.78, 5) is 14.0. The first-order valence-electron chi connectivity index (χ1n) is 3.50. The number of halogens is 2. The van der Waals surface area contributed by atoms with Crippen molar-refractivity contribution in [3.8, 4) is 0 Å². The first-order valence-corrected chi connectivity index (χ1v) is 3.50. The molecule has 0 radical (unpaired) electrons. The summed E-state index contributed by atoms with van der Waals surface area (Å²) in [5, 5.41) is 0. The molecule has 0 spiro atoms. The van der Waals surface area contributed by atoms with Crippen molar-refractivity contribution in [3.05, 3.63) is 29.6 Å². The van der Waals surface area contributed by atoms with E-state index in [0.717, 1.165) is 6.20 Å². The van der Waals surface area contributed by atoms with Crippen molar-refractivity contribution in [2.75, 3.05) is 0 Å². The third-order valence-corrected chi connectivity index (χ3v) is 1.47. The largest absolute Gasteiger partial charge is 0.294 e. The van der Waals surface area contributed by atoms with Gasteiger partial charge in [-0.3, -0.25) is 4.79 Å². The predicted molar refractivity (Wildman–Crippen MR) is 38.8 cm³/mol. The van der Waals surface area contributed by atoms with Crippen molar-refractivity contribution in [1.29, 1.82) is 0 Å². The molecule has 0 aliphatic heterocycles. The number of hydrogen-bond donors (Lipinski definition) is 0. The number of ketones is 1. The van der Waals surface area contributed by atoms with E-state index in [0.29, 0.717) is 0 Å². The molecule has 1 heterocycles. The molecule has 0 amide bonds. The molecule has 0 aromatic carbocycles. The van der Waals surface area contributed by atoms with Gasteiger partial charge >= 0.3 is 0 Å². The van der Waals surface area contributed by atoms with Crippen LogP contribution in [0.15, 0.2) is 12.3 Å². The van der Waals surface area contributed by atoms with E-state index in [1.807, 2.05) is 0 Å². The number of rotatable bonds is 2. The second-order valence-corrected chi connectivity index (χ2v) is 2.24. The van der Waals surface area contributed by atoms with E-state index in [2.05, 4.69) is 4.98 Å². The Hall–Kier alpha value is -1.32. The van der Waals surface area contributed by atoms with Gasteiger partial charge in [0.15, 0.2) is 11.6 Å². The summed E-state index contributed by atoms with van der Waals surface area (Å²) in [5.41, 5.74) is -0.231. The summed E-state index contributed by atoms with van der Waals surface area (Å²) >= 11 is 0. The van der Waals surface area contributed by atoms with Gasteiger partial charge in [-0.05, 0) is 6.07 Å². The third kappa shape index (κ3) is 1.47. The number of aromatic nitrogens is 1. The first kappa shape index (κ1) is 8.77. The van der Waals surface area contributed by atoms with Crippen LogP contribution in [0.1, 0.15) is 23.7 Å². The lowest BCUT2D eigenvalue weighted by molar-refractivity contribution is 0.0983. The lowest BCUT2D eigenvalue weighted by Gasteiger charge is -1.98. The quantitative estimate of drug-likeness (QED) is 0.502. The second-order valence-electron chi connectivity index (χ2n) is 2.24. The Balaban J connectivity index is 3.16. The molecule has 64 valence electrons. The van der Waals surface area contributed by atoms with Gasteiger partial charge < -0.3 is 0 Å². The molecule has 12 heavy (non-hydrogen) atoms. The molecular formula is C8H7F2NO. The Morgan fingerprint density at radius 3 is 2.83 bits per heavy atom. The lowest BCUT2D eigenvalue weighted by atomic mass is 10.1. The van der Waals surface area contributed by atoms with Crippen LogP contribution < -0.4 is 0 Å². The average molecular weight is 171 g/mol. The van der Waals surface area contributed by atoms with Gasteiger partial charge in [0.2, 0.25) is 5.95 Å². The van der Waals surface area contributed by atoms with Crippen LogP contribution in [0.2, 0.25) is 0 Å². The third-order valence-electron chi connectivity index (χ3n) is 1.47. The Morgan fingerprint density at radius 1 is 1.58 bits per heavy atom. The molecule has 0 N–H and O–H groups in total. The molecule has 1 rings (SSSR count). The molecular weight excluding hydrogens is 164 g/mol. The monoisotopic (exact) mass is 171 g/mol. The Labute approximate surface area is 68.2 Å². The van der Waals surface area contributed by atoms with Crippen LogP contribution in [-0.2, 0) is 0 Å². The number of carbonyl (C=O) groups is 1. The van der Waals surface area contributed by atoms with Crippen molar-refractivity contribution in [3.63, 3.8) is 0 Å². The van der Waals surface area contributed by atoms with Crippen LogP contribution >= 0.6 is 0 Å². The molecule has 0 atom stereocenters. The Kier molecular flexibility index (Phi) is 2.47. The number of carbonyl (C=O) groups excluding carboxylic acids is 1. The molecule has 0 saturated heterocycles. The molecule has 0 aliphatic carbocycles. The number of Topliss-reactive ketones (excluding diaryl/α,β-unsaturated/α-hetero) is 1. The average Bonchev–Trinajstić information content (AvgIpc) is 2.08. The van der Waals surface area contributed by atoms with Gasteiger partial charge in [-0.1, -0.05) is 6.92 Å². The highest BCUT2D eigenvalue weighted by Gasteiger charge is 2.13. The van der Waals surface area contributed by atoms with Gasteiger partial charge in [0.05, 0.1) is 5.56 Å². The standard InChI is InChI=1S/C8H7F2NO/c1-2-6(12)5-3-4-11-8(10)7(5)9/h3-4H,2H2,1H3. The van der Waals surface area contributed by atoms with E-state index in [1.165, 1.54) is 6.07 Å². The summed E-state index contributed by atoms with van der Waals surface area (Å²) in [6.45, 7) is 1.58. The number of nitrogens with zero attached hydrogens (tertiary/aromatic N) is 1. The van der Waals surface area contributed by atoms with Gasteiger partial charge in [0.25, 0.3) is 0 Å². The van der Waals surface area contributed by atoms with E-state index >= 15 is 0 Å². The minimum atomic E-state index is -1.23. The zero-order valence-electron chi connectivity index (χ0n) is 6.47. The van der Waals surface area contributed by atoms with Crippen LogP contribution in [0.25, 0.3) is 0 Å². The predicted octanol–water partition coefficient (Wildman–Crippen LogP) is 1.95. The van der Waals surface area contributed by atoms with Crippen LogP contribution in [0.4, 0.5) is 8.78 Å². The van der Waals surface area contributed by atoms with Crippen molar-refractivity contribution in [1.82, 2.24) is 4.98 Å². The minimum Gasteiger partial charge on any atom is -0.294 e. The smallest absolute Gasteiger partial charge is 0.249 e. The Morgan fingerprint density at radius 2 is 2.25 bits per heavy atom. The van der Waals surface area contributed by atoms with Gasteiger partial charge in [-0.2, -0.15) is 4.39 Å². The summed E-state index contributed by atoms with van der Waals surface area (Å²) < 4.78 is 25.2. The van der Waals surface area contributed by atoms with Crippen molar-refractivity contribution in [2.24, 2.45) is 0 Å². The van der Waals surface area contributed by atoms with Crippen LogP contribution in [0.3, 0.4) is 0 Å². The molecule has 0 saturated carbocycles. The van der Waals surface area contributed by atoms with E-state index in [-0.39, 0.29) is 12.0 Å². The van der Waals surface area contributed by atoms with Crippen LogP contribution in [-0.4, -0.2) is 10.8 Å². The molecule has 0 bridgehead atoms. The summed E-state index contributed by atoms with van der Waals surface area (Å²) in [6, 6.07) is 1.17. The van der Waals surface area contributed by atoms with Crippen molar-refractivity contribution in [2.45, 2.75) is 13.3 Å². The highest BCUT2D eigenvalue weighted by Crippen LogP contribution is 2.10. The summed E-state index contributed by atoms with van der Waals surface area (Å²) in [7, 11) is 0. The molecule has 0 aliphatic rings. The van der Waals surface area contributed by atoms with Crippen molar-refractivity contribution >= 4 is 5.78 Å². The molecule has 0 unspecified atom stereocenters. The van der Waals surface area contributed by atoms with E-state index in [1.54, 1.807) is 6.92 Å². The molecule has 4 heteroatoms. The fourth-order valence-electron chi connectivity index (χ4n) is 0.824. The topological polar surface area (TPSA) is 30.0 Å². The second kappa shape index (κ2) is 3.38. The van der Waals surface area contributed by atoms with E-state index < -0.39 is 17.5 Å². The number of hydrogen-bond acceptors (Lipinski definition) is 2. The fraction of sp³-hybridized carbons (Fsp3) is 0.250. The maximum absolute atomic E-state index is 12.8. The maximum Gasteiger partial charge on any atom is 0.249 e. The van der Waals surface area contributed by atoms with Gasteiger partial charge in [-0.15, -0.1) is 0 Å². The molecule has 1 aromatic heterocycles. The summed E-state index contributed by atoms with van der Waals surface area (Å²) in [6.07, 6.45) is 1.22. The normalized spacial score (nSPS) is 9.92. The van der Waals surface area contributed by atoms with Gasteiger partial charge in [-0.25, -0.2) is 9.37 Å². The van der Waals surface area contributed by atoms with Crippen LogP contribution in [0, 0.1) is 11.8 Å². The number of pyridine rings is 1. The van der Waals surface area contributed by atoms with Gasteiger partial charge in [0.1, 0.15) is 0 Å².